The maximum absolute atomic E-state index is 6.21. The lowest BCUT2D eigenvalue weighted by Crippen LogP contribution is -2.35. The molecular formula is C18H28ClN. The van der Waals surface area contributed by atoms with Crippen LogP contribution in [-0.4, -0.2) is 23.4 Å². The fourth-order valence-electron chi connectivity index (χ4n) is 2.94. The molecule has 0 aliphatic carbocycles. The number of alkyl halides is 1. The fraction of sp³-hybridized carbons (Fsp3) is 0.667. The van der Waals surface area contributed by atoms with Crippen LogP contribution in [0.3, 0.4) is 0 Å². The summed E-state index contributed by atoms with van der Waals surface area (Å²) in [4.78, 5) is 2.56. The van der Waals surface area contributed by atoms with Gasteiger partial charge in [-0.15, -0.1) is 11.6 Å². The molecular weight excluding hydrogens is 266 g/mol. The molecule has 1 aliphatic heterocycles. The molecule has 1 fully saturated rings. The van der Waals surface area contributed by atoms with Gasteiger partial charge in [0.05, 0.1) is 0 Å². The highest BCUT2D eigenvalue weighted by Crippen LogP contribution is 2.26. The monoisotopic (exact) mass is 293 g/mol. The molecule has 2 rings (SSSR count). The van der Waals surface area contributed by atoms with Crippen molar-refractivity contribution in [3.63, 3.8) is 0 Å². The molecule has 0 amide bonds. The molecule has 2 heteroatoms. The van der Waals surface area contributed by atoms with Crippen LogP contribution in [0.25, 0.3) is 0 Å². The normalized spacial score (nSPS) is 20.1. The number of halogens is 1. The Morgan fingerprint density at radius 1 is 1.15 bits per heavy atom. The van der Waals surface area contributed by atoms with E-state index in [0.717, 1.165) is 6.54 Å². The standard InChI is InChI=1S/C18H28ClN/c1-14(19)16-9-11-20(12-10-16)13-15-5-7-17(8-6-15)18(2,3)4/h5-8,14,16H,9-13H2,1-4H3. The van der Waals surface area contributed by atoms with Crippen molar-refractivity contribution in [1.29, 1.82) is 0 Å². The summed E-state index contributed by atoms with van der Waals surface area (Å²) in [5.41, 5.74) is 3.08. The molecule has 20 heavy (non-hydrogen) atoms. The first-order valence-corrected chi connectivity index (χ1v) is 8.26. The second kappa shape index (κ2) is 6.49. The SMILES string of the molecule is CC(Cl)C1CCN(Cc2ccc(C(C)(C)C)cc2)CC1. The summed E-state index contributed by atoms with van der Waals surface area (Å²) in [5.74, 6) is 0.705. The van der Waals surface area contributed by atoms with Crippen molar-refractivity contribution in [1.82, 2.24) is 4.90 Å². The molecule has 0 bridgehead atoms. The average molecular weight is 294 g/mol. The first-order valence-electron chi connectivity index (χ1n) is 7.82. The largest absolute Gasteiger partial charge is 0.299 e. The molecule has 1 aromatic carbocycles. The van der Waals surface area contributed by atoms with Gasteiger partial charge in [-0.2, -0.15) is 0 Å². The average Bonchev–Trinajstić information content (AvgIpc) is 2.39. The van der Waals surface area contributed by atoms with Crippen molar-refractivity contribution < 1.29 is 0 Å². The topological polar surface area (TPSA) is 3.24 Å². The third-order valence-corrected chi connectivity index (χ3v) is 4.86. The third kappa shape index (κ3) is 4.23. The van der Waals surface area contributed by atoms with Gasteiger partial charge >= 0.3 is 0 Å². The van der Waals surface area contributed by atoms with Crippen LogP contribution in [0.1, 0.15) is 51.7 Å². The highest BCUT2D eigenvalue weighted by Gasteiger charge is 2.22. The van der Waals surface area contributed by atoms with E-state index in [-0.39, 0.29) is 5.41 Å². The molecule has 1 aliphatic rings. The van der Waals surface area contributed by atoms with Crippen molar-refractivity contribution in [3.05, 3.63) is 35.4 Å². The molecule has 0 radical (unpaired) electrons. The van der Waals surface area contributed by atoms with Crippen LogP contribution >= 0.6 is 11.6 Å². The molecule has 0 saturated carbocycles. The molecule has 112 valence electrons. The summed E-state index contributed by atoms with van der Waals surface area (Å²) in [6, 6.07) is 9.14. The second-order valence-electron chi connectivity index (χ2n) is 7.24. The number of benzene rings is 1. The van der Waals surface area contributed by atoms with E-state index in [4.69, 9.17) is 11.6 Å². The van der Waals surface area contributed by atoms with Gasteiger partial charge in [-0.25, -0.2) is 0 Å². The van der Waals surface area contributed by atoms with Crippen molar-refractivity contribution >= 4 is 11.6 Å². The molecule has 0 N–H and O–H groups in total. The maximum Gasteiger partial charge on any atom is 0.0337 e. The van der Waals surface area contributed by atoms with Crippen LogP contribution in [0, 0.1) is 5.92 Å². The summed E-state index contributed by atoms with van der Waals surface area (Å²) >= 11 is 6.21. The molecule has 0 aromatic heterocycles. The highest BCUT2D eigenvalue weighted by molar-refractivity contribution is 6.20. The van der Waals surface area contributed by atoms with Crippen LogP contribution in [0.15, 0.2) is 24.3 Å². The van der Waals surface area contributed by atoms with Crippen LogP contribution in [0.4, 0.5) is 0 Å². The predicted octanol–water partition coefficient (Wildman–Crippen LogP) is 4.82. The summed E-state index contributed by atoms with van der Waals surface area (Å²) in [7, 11) is 0. The van der Waals surface area contributed by atoms with Gasteiger partial charge in [0.1, 0.15) is 0 Å². The minimum atomic E-state index is 0.243. The number of hydrogen-bond donors (Lipinski definition) is 0. The number of likely N-dealkylation sites (tertiary alicyclic amines) is 1. The van der Waals surface area contributed by atoms with E-state index in [0.29, 0.717) is 11.3 Å². The van der Waals surface area contributed by atoms with E-state index in [1.165, 1.54) is 37.1 Å². The zero-order valence-corrected chi connectivity index (χ0v) is 14.1. The van der Waals surface area contributed by atoms with Crippen molar-refractivity contribution in [2.75, 3.05) is 13.1 Å². The van der Waals surface area contributed by atoms with Gasteiger partial charge in [0.2, 0.25) is 0 Å². The van der Waals surface area contributed by atoms with Gasteiger partial charge in [0, 0.05) is 11.9 Å². The van der Waals surface area contributed by atoms with E-state index < -0.39 is 0 Å². The number of rotatable bonds is 3. The van der Waals surface area contributed by atoms with Crippen molar-refractivity contribution in [2.24, 2.45) is 5.92 Å². The number of piperidine rings is 1. The van der Waals surface area contributed by atoms with Gasteiger partial charge in [-0.3, -0.25) is 4.90 Å². The Morgan fingerprint density at radius 2 is 1.70 bits per heavy atom. The van der Waals surface area contributed by atoms with Gasteiger partial charge < -0.3 is 0 Å². The Labute approximate surface area is 129 Å². The third-order valence-electron chi connectivity index (χ3n) is 4.51. The molecule has 1 atom stereocenters. The lowest BCUT2D eigenvalue weighted by atomic mass is 9.86. The van der Waals surface area contributed by atoms with E-state index in [1.54, 1.807) is 0 Å². The maximum atomic E-state index is 6.21. The van der Waals surface area contributed by atoms with E-state index in [9.17, 15) is 0 Å². The summed E-state index contributed by atoms with van der Waals surface area (Å²) < 4.78 is 0. The van der Waals surface area contributed by atoms with Gasteiger partial charge in [-0.1, -0.05) is 45.0 Å². The van der Waals surface area contributed by atoms with E-state index in [1.807, 2.05) is 0 Å². The minimum Gasteiger partial charge on any atom is -0.299 e. The second-order valence-corrected chi connectivity index (χ2v) is 7.93. The van der Waals surface area contributed by atoms with Crippen LogP contribution < -0.4 is 0 Å². The molecule has 1 saturated heterocycles. The molecule has 1 nitrogen and oxygen atoms in total. The Hall–Kier alpha value is -0.530. The Kier molecular flexibility index (Phi) is 5.14. The highest BCUT2D eigenvalue weighted by atomic mass is 35.5. The quantitative estimate of drug-likeness (QED) is 0.722. The van der Waals surface area contributed by atoms with E-state index >= 15 is 0 Å². The van der Waals surface area contributed by atoms with Crippen molar-refractivity contribution in [3.8, 4) is 0 Å². The summed E-state index contributed by atoms with van der Waals surface area (Å²) in [5, 5.41) is 0.322. The fourth-order valence-corrected chi connectivity index (χ4v) is 3.19. The molecule has 1 aromatic rings. The van der Waals surface area contributed by atoms with Crippen LogP contribution in [-0.2, 0) is 12.0 Å². The molecule has 0 spiro atoms. The molecule has 1 heterocycles. The van der Waals surface area contributed by atoms with Crippen LogP contribution in [0.2, 0.25) is 0 Å². The first kappa shape index (κ1) is 15.9. The smallest absolute Gasteiger partial charge is 0.0337 e. The Morgan fingerprint density at radius 3 is 2.15 bits per heavy atom. The van der Waals surface area contributed by atoms with Gasteiger partial charge in [0.15, 0.2) is 0 Å². The summed E-state index contributed by atoms with van der Waals surface area (Å²) in [6.45, 7) is 12.4. The van der Waals surface area contributed by atoms with Gasteiger partial charge in [0.25, 0.3) is 0 Å². The minimum absolute atomic E-state index is 0.243. The zero-order valence-electron chi connectivity index (χ0n) is 13.3. The lowest BCUT2D eigenvalue weighted by molar-refractivity contribution is 0.176. The van der Waals surface area contributed by atoms with Crippen molar-refractivity contribution in [2.45, 2.75) is 57.9 Å². The predicted molar refractivity (Wildman–Crippen MR) is 88.5 cm³/mol. The Bertz CT molecular complexity index is 408. The number of nitrogens with zero attached hydrogens (tertiary/aromatic N) is 1. The number of hydrogen-bond acceptors (Lipinski definition) is 1. The Balaban J connectivity index is 1.89. The summed E-state index contributed by atoms with van der Waals surface area (Å²) in [6.07, 6.45) is 2.48. The first-order chi connectivity index (χ1) is 9.36. The zero-order chi connectivity index (χ0) is 14.8. The van der Waals surface area contributed by atoms with Gasteiger partial charge in [-0.05, 0) is 55.3 Å². The van der Waals surface area contributed by atoms with E-state index in [2.05, 4.69) is 56.9 Å². The van der Waals surface area contributed by atoms with Crippen LogP contribution in [0.5, 0.6) is 0 Å². The lowest BCUT2D eigenvalue weighted by Gasteiger charge is -2.33. The molecule has 1 unspecified atom stereocenters.